The van der Waals surface area contributed by atoms with E-state index in [1.807, 2.05) is 42.5 Å². The third kappa shape index (κ3) is 4.14. The molecule has 0 aliphatic rings. The standard InChI is InChI=1S/C25H15BrN4O3/c26-18-8-9-22-17(13-18)14-23(33-22)24-29-21-7-2-1-6-20(21)25(31)30(24)28-15-16-4-3-5-19(12-16)32-11-10-27/h1-9,12-15H,11H2. The minimum absolute atomic E-state index is 0.0546. The Morgan fingerprint density at radius 1 is 1.12 bits per heavy atom. The van der Waals surface area contributed by atoms with Crippen molar-refractivity contribution in [3.8, 4) is 23.4 Å². The molecule has 2 aromatic heterocycles. The van der Waals surface area contributed by atoms with E-state index >= 15 is 0 Å². The van der Waals surface area contributed by atoms with E-state index in [0.29, 0.717) is 39.4 Å². The first-order chi connectivity index (χ1) is 16.1. The first-order valence-corrected chi connectivity index (χ1v) is 10.8. The molecule has 0 radical (unpaired) electrons. The van der Waals surface area contributed by atoms with Gasteiger partial charge < -0.3 is 9.15 Å². The third-order valence-electron chi connectivity index (χ3n) is 4.94. The number of halogens is 1. The number of nitrogens with zero attached hydrogens (tertiary/aromatic N) is 4. The fourth-order valence-corrected chi connectivity index (χ4v) is 3.82. The van der Waals surface area contributed by atoms with E-state index in [2.05, 4.69) is 26.0 Å². The average Bonchev–Trinajstić information content (AvgIpc) is 3.25. The fourth-order valence-electron chi connectivity index (χ4n) is 3.44. The molecule has 5 rings (SSSR count). The van der Waals surface area contributed by atoms with Crippen LogP contribution in [0.15, 0.2) is 91.6 Å². The van der Waals surface area contributed by atoms with Gasteiger partial charge in [-0.1, -0.05) is 40.2 Å². The molecule has 160 valence electrons. The van der Waals surface area contributed by atoms with E-state index in [1.54, 1.807) is 42.6 Å². The number of fused-ring (bicyclic) bond motifs is 2. The van der Waals surface area contributed by atoms with Crippen LogP contribution in [0.4, 0.5) is 0 Å². The number of benzene rings is 3. The van der Waals surface area contributed by atoms with Crippen LogP contribution in [0.3, 0.4) is 0 Å². The zero-order valence-electron chi connectivity index (χ0n) is 17.1. The largest absolute Gasteiger partial charge is 0.479 e. The van der Waals surface area contributed by atoms with E-state index in [9.17, 15) is 4.79 Å². The Bertz CT molecular complexity index is 1630. The van der Waals surface area contributed by atoms with Crippen molar-refractivity contribution >= 4 is 44.0 Å². The minimum atomic E-state index is -0.314. The molecule has 0 atom stereocenters. The van der Waals surface area contributed by atoms with Crippen molar-refractivity contribution in [1.82, 2.24) is 9.66 Å². The van der Waals surface area contributed by atoms with Gasteiger partial charge in [-0.2, -0.15) is 15.0 Å². The molecule has 5 aromatic rings. The monoisotopic (exact) mass is 498 g/mol. The quantitative estimate of drug-likeness (QED) is 0.304. The van der Waals surface area contributed by atoms with E-state index in [0.717, 1.165) is 9.86 Å². The summed E-state index contributed by atoms with van der Waals surface area (Å²) < 4.78 is 13.5. The lowest BCUT2D eigenvalue weighted by Gasteiger charge is -2.07. The zero-order valence-corrected chi connectivity index (χ0v) is 18.7. The second-order valence-electron chi connectivity index (χ2n) is 7.13. The molecular formula is C25H15BrN4O3. The Balaban J connectivity index is 1.66. The summed E-state index contributed by atoms with van der Waals surface area (Å²) in [5.74, 6) is 1.25. The molecule has 0 aliphatic heterocycles. The highest BCUT2D eigenvalue weighted by Gasteiger charge is 2.16. The highest BCUT2D eigenvalue weighted by molar-refractivity contribution is 9.10. The molecule has 7 nitrogen and oxygen atoms in total. The summed E-state index contributed by atoms with van der Waals surface area (Å²) in [6, 6.07) is 23.6. The van der Waals surface area contributed by atoms with Gasteiger partial charge in [0.05, 0.1) is 17.1 Å². The Kier molecular flexibility index (Phi) is 5.47. The van der Waals surface area contributed by atoms with E-state index in [4.69, 9.17) is 14.4 Å². The van der Waals surface area contributed by atoms with Crippen LogP contribution < -0.4 is 10.3 Å². The van der Waals surface area contributed by atoms with E-state index in [-0.39, 0.29) is 12.2 Å². The van der Waals surface area contributed by atoms with Crippen LogP contribution in [-0.2, 0) is 0 Å². The molecule has 0 saturated carbocycles. The van der Waals surface area contributed by atoms with Crippen LogP contribution in [0.1, 0.15) is 5.56 Å². The summed E-state index contributed by atoms with van der Waals surface area (Å²) >= 11 is 3.46. The fraction of sp³-hybridized carbons (Fsp3) is 0.0400. The lowest BCUT2D eigenvalue weighted by molar-refractivity contribution is 0.368. The first kappa shape index (κ1) is 20.7. The van der Waals surface area contributed by atoms with Gasteiger partial charge in [0.2, 0.25) is 5.82 Å². The predicted molar refractivity (Wildman–Crippen MR) is 129 cm³/mol. The van der Waals surface area contributed by atoms with Crippen molar-refractivity contribution < 1.29 is 9.15 Å². The Morgan fingerprint density at radius 3 is 2.88 bits per heavy atom. The van der Waals surface area contributed by atoms with Crippen molar-refractivity contribution in [1.29, 1.82) is 5.26 Å². The molecular weight excluding hydrogens is 484 g/mol. The molecule has 8 heteroatoms. The predicted octanol–water partition coefficient (Wildman–Crippen LogP) is 5.36. The topological polar surface area (TPSA) is 93.4 Å². The number of ether oxygens (including phenoxy) is 1. The van der Waals surface area contributed by atoms with Gasteiger partial charge in [-0.3, -0.25) is 4.79 Å². The van der Waals surface area contributed by atoms with Crippen molar-refractivity contribution in [3.05, 3.63) is 93.2 Å². The maximum atomic E-state index is 13.3. The van der Waals surface area contributed by atoms with Gasteiger partial charge in [0.25, 0.3) is 5.56 Å². The second-order valence-corrected chi connectivity index (χ2v) is 8.04. The first-order valence-electron chi connectivity index (χ1n) is 9.98. The summed E-state index contributed by atoms with van der Waals surface area (Å²) in [5, 5.41) is 14.5. The average molecular weight is 499 g/mol. The van der Waals surface area contributed by atoms with E-state index < -0.39 is 0 Å². The van der Waals surface area contributed by atoms with Gasteiger partial charge in [-0.15, -0.1) is 0 Å². The Hall–Kier alpha value is -4.22. The smallest absolute Gasteiger partial charge is 0.282 e. The molecule has 0 unspecified atom stereocenters. The maximum Gasteiger partial charge on any atom is 0.282 e. The molecule has 0 amide bonds. The molecule has 0 spiro atoms. The van der Waals surface area contributed by atoms with E-state index in [1.165, 1.54) is 4.68 Å². The van der Waals surface area contributed by atoms with Gasteiger partial charge >= 0.3 is 0 Å². The van der Waals surface area contributed by atoms with Gasteiger partial charge in [0.1, 0.15) is 17.4 Å². The summed E-state index contributed by atoms with van der Waals surface area (Å²) in [7, 11) is 0. The molecule has 33 heavy (non-hydrogen) atoms. The van der Waals surface area contributed by atoms with Crippen LogP contribution in [0.2, 0.25) is 0 Å². The number of furan rings is 1. The van der Waals surface area contributed by atoms with Crippen molar-refractivity contribution in [3.63, 3.8) is 0 Å². The molecule has 0 bridgehead atoms. The number of rotatable bonds is 5. The molecule has 0 N–H and O–H groups in total. The van der Waals surface area contributed by atoms with Crippen molar-refractivity contribution in [2.75, 3.05) is 6.61 Å². The summed E-state index contributed by atoms with van der Waals surface area (Å²) in [6.45, 7) is -0.0546. The highest BCUT2D eigenvalue weighted by Crippen LogP contribution is 2.29. The maximum absolute atomic E-state index is 13.3. The zero-order chi connectivity index (χ0) is 22.8. The Labute approximate surface area is 196 Å². The van der Waals surface area contributed by atoms with Crippen LogP contribution in [0.5, 0.6) is 5.75 Å². The van der Waals surface area contributed by atoms with Gasteiger partial charge in [-0.25, -0.2) is 4.98 Å². The van der Waals surface area contributed by atoms with Gasteiger partial charge in [0, 0.05) is 9.86 Å². The number of hydrogen-bond acceptors (Lipinski definition) is 6. The summed E-state index contributed by atoms with van der Waals surface area (Å²) in [5.41, 5.74) is 1.61. The van der Waals surface area contributed by atoms with Gasteiger partial charge in [-0.05, 0) is 54.1 Å². The third-order valence-corrected chi connectivity index (χ3v) is 5.43. The molecule has 2 heterocycles. The minimum Gasteiger partial charge on any atom is -0.479 e. The van der Waals surface area contributed by atoms with Gasteiger partial charge in [0.15, 0.2) is 12.4 Å². The normalized spacial score (nSPS) is 11.3. The molecule has 0 aliphatic carbocycles. The SMILES string of the molecule is N#CCOc1cccc(C=Nn2c(-c3cc4cc(Br)ccc4o3)nc3ccccc3c2=O)c1. The highest BCUT2D eigenvalue weighted by atomic mass is 79.9. The number of nitriles is 1. The summed E-state index contributed by atoms with van der Waals surface area (Å²) in [6.07, 6.45) is 1.54. The molecule has 0 fully saturated rings. The van der Waals surface area contributed by atoms with Crippen LogP contribution in [0.25, 0.3) is 33.5 Å². The van der Waals surface area contributed by atoms with Crippen LogP contribution >= 0.6 is 15.9 Å². The van der Waals surface area contributed by atoms with Crippen LogP contribution in [0, 0.1) is 11.3 Å². The van der Waals surface area contributed by atoms with Crippen molar-refractivity contribution in [2.24, 2.45) is 5.10 Å². The molecule has 0 saturated heterocycles. The Morgan fingerprint density at radius 2 is 2.00 bits per heavy atom. The number of para-hydroxylation sites is 1. The second kappa shape index (κ2) is 8.73. The number of aromatic nitrogens is 2. The number of hydrogen-bond donors (Lipinski definition) is 0. The van der Waals surface area contributed by atoms with Crippen molar-refractivity contribution in [2.45, 2.75) is 0 Å². The molecule has 3 aromatic carbocycles. The summed E-state index contributed by atoms with van der Waals surface area (Å²) in [4.78, 5) is 18.0. The lowest BCUT2D eigenvalue weighted by Crippen LogP contribution is -2.20. The lowest BCUT2D eigenvalue weighted by atomic mass is 10.2. The van der Waals surface area contributed by atoms with Crippen LogP contribution in [-0.4, -0.2) is 22.5 Å².